The number of aryl methyl sites for hydroxylation is 2. The Bertz CT molecular complexity index is 1670. The predicted molar refractivity (Wildman–Crippen MR) is 183 cm³/mol. The number of anilines is 1. The summed E-state index contributed by atoms with van der Waals surface area (Å²) in [7, 11) is -2.12. The average molecular weight is 701 g/mol. The fourth-order valence-corrected chi connectivity index (χ4v) is 7.33. The van der Waals surface area contributed by atoms with Crippen LogP contribution in [0.15, 0.2) is 51.9 Å². The third-order valence-electron chi connectivity index (χ3n) is 8.69. The standard InChI is InChI=1S/C35H48N4O9S/c1-22-18-39(23(2)21-40)34(41)30-17-29(37-49(44,45)33-25(4)36-48-26(33)5)14-15-31(30)47-24(3)9-7-8-16-46-32(22)20-38(6)19-27-10-12-28(13-11-27)35(42)43/h10-15,17,22-24,32,37,40H,7-9,16,18-21H2,1-6H3,(H,42,43)/t22-,23+,24-,32-/m0/s1. The summed E-state index contributed by atoms with van der Waals surface area (Å²) < 4.78 is 46.9. The fourth-order valence-electron chi connectivity index (χ4n) is 5.95. The third kappa shape index (κ3) is 9.81. The number of benzene rings is 2. The molecule has 1 aliphatic heterocycles. The van der Waals surface area contributed by atoms with E-state index in [2.05, 4.69) is 14.8 Å². The molecule has 1 aliphatic rings. The number of aromatic nitrogens is 1. The minimum Gasteiger partial charge on any atom is -0.490 e. The summed E-state index contributed by atoms with van der Waals surface area (Å²) in [6.45, 7) is 10.3. The number of ether oxygens (including phenoxy) is 2. The number of carbonyl (C=O) groups is 2. The van der Waals surface area contributed by atoms with Gasteiger partial charge in [-0.2, -0.15) is 0 Å². The van der Waals surface area contributed by atoms with Gasteiger partial charge in [0.1, 0.15) is 11.4 Å². The molecule has 0 bridgehead atoms. The van der Waals surface area contributed by atoms with E-state index >= 15 is 0 Å². The quantitative estimate of drug-likeness (QED) is 0.267. The normalized spacial score (nSPS) is 20.3. The topological polar surface area (TPSA) is 172 Å². The number of carboxylic acid groups (broad SMARTS) is 1. The molecule has 4 rings (SSSR count). The van der Waals surface area contributed by atoms with Gasteiger partial charge in [0, 0.05) is 37.8 Å². The number of hydrogen-bond acceptors (Lipinski definition) is 10. The molecule has 4 atom stereocenters. The summed E-state index contributed by atoms with van der Waals surface area (Å²) in [6.07, 6.45) is 1.84. The highest BCUT2D eigenvalue weighted by atomic mass is 32.2. The van der Waals surface area contributed by atoms with Crippen LogP contribution in [-0.4, -0.2) is 97.1 Å². The molecule has 1 amide bonds. The number of nitrogens with one attached hydrogen (secondary N) is 1. The van der Waals surface area contributed by atoms with Crippen LogP contribution in [0, 0.1) is 19.8 Å². The summed E-state index contributed by atoms with van der Waals surface area (Å²) >= 11 is 0. The smallest absolute Gasteiger partial charge is 0.335 e. The van der Waals surface area contributed by atoms with Crippen LogP contribution in [0.5, 0.6) is 5.75 Å². The zero-order chi connectivity index (χ0) is 35.9. The van der Waals surface area contributed by atoms with E-state index in [4.69, 9.17) is 14.0 Å². The SMILES string of the molecule is Cc1noc(C)c1S(=O)(=O)Nc1ccc2c(c1)C(=O)N([C@H](C)CO)C[C@H](C)[C@H](CN(C)Cc1ccc(C(=O)O)cc1)OCCCC[C@H](C)O2. The van der Waals surface area contributed by atoms with Crippen LogP contribution >= 0.6 is 0 Å². The first-order chi connectivity index (χ1) is 23.2. The molecule has 2 aromatic carbocycles. The summed E-state index contributed by atoms with van der Waals surface area (Å²) in [4.78, 5) is 29.3. The molecular formula is C35H48N4O9S. The first-order valence-electron chi connectivity index (χ1n) is 16.5. The number of aliphatic hydroxyl groups excluding tert-OH is 1. The largest absolute Gasteiger partial charge is 0.490 e. The van der Waals surface area contributed by atoms with Gasteiger partial charge >= 0.3 is 5.97 Å². The number of fused-ring (bicyclic) bond motifs is 1. The molecule has 0 unspecified atom stereocenters. The number of carboxylic acids is 1. The number of aromatic carboxylic acids is 1. The first-order valence-corrected chi connectivity index (χ1v) is 18.0. The lowest BCUT2D eigenvalue weighted by Gasteiger charge is -2.36. The minimum atomic E-state index is -4.09. The summed E-state index contributed by atoms with van der Waals surface area (Å²) in [5, 5.41) is 23.2. The van der Waals surface area contributed by atoms with Crippen molar-refractivity contribution in [3.8, 4) is 5.75 Å². The molecule has 3 aromatic rings. The maximum absolute atomic E-state index is 14.4. The number of hydrogen-bond donors (Lipinski definition) is 3. The number of aliphatic hydroxyl groups is 1. The monoisotopic (exact) mass is 700 g/mol. The van der Waals surface area contributed by atoms with E-state index in [0.717, 1.165) is 18.4 Å². The number of rotatable bonds is 10. The Kier molecular flexibility index (Phi) is 12.8. The van der Waals surface area contributed by atoms with Crippen LogP contribution in [0.4, 0.5) is 5.69 Å². The Balaban J connectivity index is 1.63. The second kappa shape index (κ2) is 16.6. The van der Waals surface area contributed by atoms with Crippen LogP contribution in [0.1, 0.15) is 77.8 Å². The summed E-state index contributed by atoms with van der Waals surface area (Å²) in [5.41, 5.74) is 1.72. The zero-order valence-corrected chi connectivity index (χ0v) is 29.8. The lowest BCUT2D eigenvalue weighted by molar-refractivity contribution is -0.0177. The van der Waals surface area contributed by atoms with Crippen molar-refractivity contribution in [2.24, 2.45) is 5.92 Å². The van der Waals surface area contributed by atoms with E-state index in [1.54, 1.807) is 48.2 Å². The predicted octanol–water partition coefficient (Wildman–Crippen LogP) is 4.72. The van der Waals surface area contributed by atoms with Crippen molar-refractivity contribution in [3.05, 3.63) is 70.6 Å². The number of carbonyl (C=O) groups excluding carboxylic acids is 1. The Morgan fingerprint density at radius 2 is 1.86 bits per heavy atom. The highest BCUT2D eigenvalue weighted by molar-refractivity contribution is 7.92. The first kappa shape index (κ1) is 37.8. The van der Waals surface area contributed by atoms with Crippen molar-refractivity contribution in [1.82, 2.24) is 15.0 Å². The van der Waals surface area contributed by atoms with E-state index in [1.807, 2.05) is 20.9 Å². The van der Waals surface area contributed by atoms with Gasteiger partial charge in [-0.1, -0.05) is 24.2 Å². The molecule has 0 aliphatic carbocycles. The van der Waals surface area contributed by atoms with Gasteiger partial charge in [-0.05, 0) is 89.9 Å². The molecule has 0 saturated carbocycles. The van der Waals surface area contributed by atoms with Gasteiger partial charge < -0.3 is 29.1 Å². The highest BCUT2D eigenvalue weighted by Crippen LogP contribution is 2.30. The molecule has 0 saturated heterocycles. The molecule has 0 fully saturated rings. The molecule has 3 N–H and O–H groups in total. The van der Waals surface area contributed by atoms with Crippen molar-refractivity contribution < 1.29 is 42.2 Å². The second-order valence-corrected chi connectivity index (χ2v) is 14.6. The molecule has 0 radical (unpaired) electrons. The Labute approximate surface area is 288 Å². The number of nitrogens with zero attached hydrogens (tertiary/aromatic N) is 3. The van der Waals surface area contributed by atoms with Crippen LogP contribution in [-0.2, 0) is 21.3 Å². The van der Waals surface area contributed by atoms with Crippen molar-refractivity contribution in [1.29, 1.82) is 0 Å². The summed E-state index contributed by atoms with van der Waals surface area (Å²) in [6, 6.07) is 10.8. The van der Waals surface area contributed by atoms with Gasteiger partial charge in [0.15, 0.2) is 10.7 Å². The molecule has 0 spiro atoms. The molecule has 2 heterocycles. The van der Waals surface area contributed by atoms with E-state index < -0.39 is 27.9 Å². The molecular weight excluding hydrogens is 652 g/mol. The Morgan fingerprint density at radius 3 is 2.49 bits per heavy atom. The molecule has 1 aromatic heterocycles. The van der Waals surface area contributed by atoms with Crippen molar-refractivity contribution in [2.45, 2.75) is 83.6 Å². The van der Waals surface area contributed by atoms with Gasteiger partial charge in [-0.15, -0.1) is 0 Å². The Morgan fingerprint density at radius 1 is 1.14 bits per heavy atom. The molecule has 14 heteroatoms. The van der Waals surface area contributed by atoms with E-state index in [9.17, 15) is 28.2 Å². The number of likely N-dealkylation sites (N-methyl/N-ethyl adjacent to an activating group) is 1. The van der Waals surface area contributed by atoms with Crippen LogP contribution < -0.4 is 9.46 Å². The van der Waals surface area contributed by atoms with Gasteiger partial charge in [-0.25, -0.2) is 13.2 Å². The van der Waals surface area contributed by atoms with Gasteiger partial charge in [-0.3, -0.25) is 14.4 Å². The summed E-state index contributed by atoms with van der Waals surface area (Å²) in [5.74, 6) is -1.10. The number of sulfonamides is 1. The highest BCUT2D eigenvalue weighted by Gasteiger charge is 2.31. The van der Waals surface area contributed by atoms with Crippen LogP contribution in [0.2, 0.25) is 0 Å². The van der Waals surface area contributed by atoms with E-state index in [0.29, 0.717) is 31.9 Å². The van der Waals surface area contributed by atoms with Crippen LogP contribution in [0.25, 0.3) is 0 Å². The van der Waals surface area contributed by atoms with Gasteiger partial charge in [0.05, 0.1) is 36.0 Å². The van der Waals surface area contributed by atoms with Gasteiger partial charge in [0.25, 0.3) is 15.9 Å². The Hall–Kier alpha value is -3.98. The lowest BCUT2D eigenvalue weighted by Crippen LogP contribution is -2.47. The third-order valence-corrected chi connectivity index (χ3v) is 10.3. The fraction of sp³-hybridized carbons (Fsp3) is 0.514. The maximum atomic E-state index is 14.4. The average Bonchev–Trinajstić information content (AvgIpc) is 3.40. The zero-order valence-electron chi connectivity index (χ0n) is 29.0. The van der Waals surface area contributed by atoms with E-state index in [-0.39, 0.29) is 64.4 Å². The van der Waals surface area contributed by atoms with Crippen molar-refractivity contribution in [3.63, 3.8) is 0 Å². The second-order valence-electron chi connectivity index (χ2n) is 13.0. The van der Waals surface area contributed by atoms with Crippen molar-refractivity contribution in [2.75, 3.05) is 38.1 Å². The number of amides is 1. The minimum absolute atomic E-state index is 0.0681. The molecule has 268 valence electrons. The van der Waals surface area contributed by atoms with Gasteiger partial charge in [0.2, 0.25) is 0 Å². The molecule has 13 nitrogen and oxygen atoms in total. The van der Waals surface area contributed by atoms with Crippen LogP contribution in [0.3, 0.4) is 0 Å². The maximum Gasteiger partial charge on any atom is 0.335 e. The van der Waals surface area contributed by atoms with E-state index in [1.165, 1.54) is 19.9 Å². The lowest BCUT2D eigenvalue weighted by atomic mass is 10.0. The molecule has 49 heavy (non-hydrogen) atoms. The van der Waals surface area contributed by atoms with Crippen molar-refractivity contribution >= 4 is 27.6 Å².